The largest absolute Gasteiger partial charge is 0.482 e. The summed E-state index contributed by atoms with van der Waals surface area (Å²) in [6.45, 7) is 3.82. The number of carbonyl (C=O) groups excluding carboxylic acids is 1. The Balaban J connectivity index is 2.07. The van der Waals surface area contributed by atoms with Crippen molar-refractivity contribution in [1.29, 1.82) is 0 Å². The van der Waals surface area contributed by atoms with Crippen LogP contribution in [0.3, 0.4) is 0 Å². The number of amides is 1. The van der Waals surface area contributed by atoms with Crippen molar-refractivity contribution in [3.63, 3.8) is 0 Å². The number of halogens is 1. The lowest BCUT2D eigenvalue weighted by Crippen LogP contribution is -2.28. The fourth-order valence-corrected chi connectivity index (χ4v) is 2.34. The standard InChI is InChI=1S/C18H20ClN3O4/c1-11(2)17-20-8-14(19)16(21-17)18(25)22(3)9-12-4-6-13(7-5-12)26-10-15(23)24/h4-8,11H,9-10H2,1-3H3,(H,23,24). The Kier molecular flexibility index (Phi) is 6.52. The normalized spacial score (nSPS) is 10.7. The van der Waals surface area contributed by atoms with Crippen molar-refractivity contribution >= 4 is 23.5 Å². The summed E-state index contributed by atoms with van der Waals surface area (Å²) < 4.78 is 5.08. The number of aliphatic carboxylic acids is 1. The van der Waals surface area contributed by atoms with Crippen molar-refractivity contribution in [1.82, 2.24) is 14.9 Å². The van der Waals surface area contributed by atoms with Gasteiger partial charge >= 0.3 is 5.97 Å². The van der Waals surface area contributed by atoms with E-state index in [0.29, 0.717) is 18.1 Å². The molecule has 0 aliphatic carbocycles. The lowest BCUT2D eigenvalue weighted by atomic mass is 10.2. The predicted octanol–water partition coefficient (Wildman–Crippen LogP) is 2.99. The number of rotatable bonds is 7. The van der Waals surface area contributed by atoms with Crippen LogP contribution < -0.4 is 4.74 Å². The molecule has 1 N–H and O–H groups in total. The quantitative estimate of drug-likeness (QED) is 0.797. The van der Waals surface area contributed by atoms with Gasteiger partial charge in [-0.15, -0.1) is 0 Å². The molecule has 0 aliphatic heterocycles. The van der Waals surface area contributed by atoms with Gasteiger partial charge in [0.2, 0.25) is 0 Å². The second-order valence-electron chi connectivity index (χ2n) is 6.07. The Morgan fingerprint density at radius 1 is 1.27 bits per heavy atom. The van der Waals surface area contributed by atoms with Gasteiger partial charge in [-0.05, 0) is 17.7 Å². The molecule has 0 fully saturated rings. The highest BCUT2D eigenvalue weighted by atomic mass is 35.5. The molecule has 0 saturated heterocycles. The number of nitrogens with zero attached hydrogens (tertiary/aromatic N) is 3. The van der Waals surface area contributed by atoms with Crippen molar-refractivity contribution in [2.24, 2.45) is 0 Å². The Bertz CT molecular complexity index is 794. The van der Waals surface area contributed by atoms with Gasteiger partial charge in [-0.1, -0.05) is 37.6 Å². The first-order valence-electron chi connectivity index (χ1n) is 7.99. The SMILES string of the molecule is CC(C)c1ncc(Cl)c(C(=O)N(C)Cc2ccc(OCC(=O)O)cc2)n1. The van der Waals surface area contributed by atoms with Gasteiger partial charge in [-0.2, -0.15) is 0 Å². The molecule has 26 heavy (non-hydrogen) atoms. The monoisotopic (exact) mass is 377 g/mol. The summed E-state index contributed by atoms with van der Waals surface area (Å²) in [5.41, 5.74) is 1.03. The molecule has 0 spiro atoms. The highest BCUT2D eigenvalue weighted by molar-refractivity contribution is 6.33. The van der Waals surface area contributed by atoms with Gasteiger partial charge in [0.15, 0.2) is 12.3 Å². The van der Waals surface area contributed by atoms with E-state index in [9.17, 15) is 9.59 Å². The Hall–Kier alpha value is -2.67. The second-order valence-corrected chi connectivity index (χ2v) is 6.47. The van der Waals surface area contributed by atoms with E-state index in [4.69, 9.17) is 21.4 Å². The number of carboxylic acid groups (broad SMARTS) is 1. The molecule has 1 aromatic heterocycles. The van der Waals surface area contributed by atoms with E-state index in [1.54, 1.807) is 31.3 Å². The minimum absolute atomic E-state index is 0.0856. The van der Waals surface area contributed by atoms with Gasteiger partial charge in [0.1, 0.15) is 11.6 Å². The number of hydrogen-bond acceptors (Lipinski definition) is 5. The Morgan fingerprint density at radius 3 is 2.50 bits per heavy atom. The minimum atomic E-state index is -1.04. The zero-order valence-electron chi connectivity index (χ0n) is 14.8. The predicted molar refractivity (Wildman–Crippen MR) is 96.5 cm³/mol. The average Bonchev–Trinajstić information content (AvgIpc) is 2.60. The third kappa shape index (κ3) is 5.16. The average molecular weight is 378 g/mol. The van der Waals surface area contributed by atoms with E-state index in [0.717, 1.165) is 5.56 Å². The van der Waals surface area contributed by atoms with Crippen molar-refractivity contribution in [3.05, 3.63) is 52.6 Å². The number of hydrogen-bond donors (Lipinski definition) is 1. The van der Waals surface area contributed by atoms with Crippen molar-refractivity contribution in [2.45, 2.75) is 26.3 Å². The minimum Gasteiger partial charge on any atom is -0.482 e. The maximum atomic E-state index is 12.7. The number of carboxylic acids is 1. The molecule has 7 nitrogen and oxygen atoms in total. The van der Waals surface area contributed by atoms with E-state index in [2.05, 4.69) is 9.97 Å². The molecule has 0 unspecified atom stereocenters. The number of benzene rings is 1. The van der Waals surface area contributed by atoms with Crippen molar-refractivity contribution in [3.8, 4) is 5.75 Å². The zero-order valence-corrected chi connectivity index (χ0v) is 15.5. The van der Waals surface area contributed by atoms with Crippen molar-refractivity contribution < 1.29 is 19.4 Å². The molecule has 1 heterocycles. The van der Waals surface area contributed by atoms with Crippen molar-refractivity contribution in [2.75, 3.05) is 13.7 Å². The number of carbonyl (C=O) groups is 2. The molecule has 2 aromatic rings. The van der Waals surface area contributed by atoms with Crippen LogP contribution in [0.25, 0.3) is 0 Å². The zero-order chi connectivity index (χ0) is 19.3. The van der Waals surface area contributed by atoms with Crippen LogP contribution >= 0.6 is 11.6 Å². The summed E-state index contributed by atoms with van der Waals surface area (Å²) in [7, 11) is 1.66. The molecule has 0 radical (unpaired) electrons. The maximum Gasteiger partial charge on any atom is 0.341 e. The van der Waals surface area contributed by atoms with Crippen LogP contribution in [0.2, 0.25) is 5.02 Å². The first kappa shape index (κ1) is 19.7. The second kappa shape index (κ2) is 8.62. The van der Waals surface area contributed by atoms with Crippen LogP contribution in [0.1, 0.15) is 41.6 Å². The molecule has 8 heteroatoms. The molecule has 1 aromatic carbocycles. The van der Waals surface area contributed by atoms with Crippen LogP contribution in [0.15, 0.2) is 30.5 Å². The van der Waals surface area contributed by atoms with E-state index in [-0.39, 0.29) is 22.5 Å². The lowest BCUT2D eigenvalue weighted by molar-refractivity contribution is -0.139. The Morgan fingerprint density at radius 2 is 1.92 bits per heavy atom. The topological polar surface area (TPSA) is 92.6 Å². The summed E-state index contributed by atoms with van der Waals surface area (Å²) in [6, 6.07) is 6.85. The van der Waals surface area contributed by atoms with E-state index >= 15 is 0 Å². The maximum absolute atomic E-state index is 12.7. The summed E-state index contributed by atoms with van der Waals surface area (Å²) in [6.07, 6.45) is 1.44. The van der Waals surface area contributed by atoms with Crippen LogP contribution in [-0.4, -0.2) is 45.5 Å². The smallest absolute Gasteiger partial charge is 0.341 e. The molecule has 0 saturated carbocycles. The van der Waals surface area contributed by atoms with Gasteiger partial charge in [0.05, 0.1) is 11.2 Å². The van der Waals surface area contributed by atoms with Crippen LogP contribution in [0.5, 0.6) is 5.75 Å². The van der Waals surface area contributed by atoms with Crippen LogP contribution in [-0.2, 0) is 11.3 Å². The summed E-state index contributed by atoms with van der Waals surface area (Å²) in [5, 5.41) is 8.82. The Labute approximate surface area is 156 Å². The first-order chi connectivity index (χ1) is 12.3. The van der Waals surface area contributed by atoms with Crippen LogP contribution in [0.4, 0.5) is 0 Å². The molecule has 2 rings (SSSR count). The number of aromatic nitrogens is 2. The van der Waals surface area contributed by atoms with Gasteiger partial charge in [0.25, 0.3) is 5.91 Å². The van der Waals surface area contributed by atoms with Gasteiger partial charge in [0, 0.05) is 19.5 Å². The summed E-state index contributed by atoms with van der Waals surface area (Å²) in [5.74, 6) is -0.244. The lowest BCUT2D eigenvalue weighted by Gasteiger charge is -2.18. The van der Waals surface area contributed by atoms with Gasteiger partial charge in [-0.25, -0.2) is 14.8 Å². The molecular formula is C18H20ClN3O4. The molecule has 1 amide bonds. The van der Waals surface area contributed by atoms with E-state index in [1.807, 2.05) is 13.8 Å². The fourth-order valence-electron chi connectivity index (χ4n) is 2.17. The van der Waals surface area contributed by atoms with Gasteiger partial charge < -0.3 is 14.7 Å². The third-order valence-electron chi connectivity index (χ3n) is 3.53. The molecule has 0 bridgehead atoms. The summed E-state index contributed by atoms with van der Waals surface area (Å²) >= 11 is 6.09. The van der Waals surface area contributed by atoms with E-state index < -0.39 is 12.6 Å². The van der Waals surface area contributed by atoms with Crippen LogP contribution in [0, 0.1) is 0 Å². The van der Waals surface area contributed by atoms with E-state index in [1.165, 1.54) is 11.1 Å². The summed E-state index contributed by atoms with van der Waals surface area (Å²) in [4.78, 5) is 33.1. The fraction of sp³-hybridized carbons (Fsp3) is 0.333. The molecular weight excluding hydrogens is 358 g/mol. The highest BCUT2D eigenvalue weighted by Gasteiger charge is 2.19. The molecule has 0 aliphatic rings. The van der Waals surface area contributed by atoms with Gasteiger partial charge in [-0.3, -0.25) is 4.79 Å². The molecule has 0 atom stereocenters. The molecule has 138 valence electrons. The third-order valence-corrected chi connectivity index (χ3v) is 3.81. The highest BCUT2D eigenvalue weighted by Crippen LogP contribution is 2.19. The first-order valence-corrected chi connectivity index (χ1v) is 8.37. The number of ether oxygens (including phenoxy) is 1.